The van der Waals surface area contributed by atoms with Gasteiger partial charge in [0.15, 0.2) is 0 Å². The van der Waals surface area contributed by atoms with Crippen molar-refractivity contribution in [1.29, 1.82) is 0 Å². The molecule has 0 N–H and O–H groups in total. The second-order valence-electron chi connectivity index (χ2n) is 2.69. The molecule has 0 aliphatic carbocycles. The van der Waals surface area contributed by atoms with Gasteiger partial charge in [-0.15, -0.1) is 0 Å². The standard InChI is InChI=1S/C10H14O3S/c1-2-12-10(11)5-7-14-8-9-4-3-6-13-9/h3-4,6H,2,5,7-8H2,1H3. The van der Waals surface area contributed by atoms with Crippen molar-refractivity contribution in [2.45, 2.75) is 19.1 Å². The first kappa shape index (κ1) is 11.2. The third kappa shape index (κ3) is 4.37. The molecule has 14 heavy (non-hydrogen) atoms. The zero-order chi connectivity index (χ0) is 10.2. The summed E-state index contributed by atoms with van der Waals surface area (Å²) < 4.78 is 9.95. The highest BCUT2D eigenvalue weighted by Gasteiger charge is 2.01. The summed E-state index contributed by atoms with van der Waals surface area (Å²) in [5, 5.41) is 0. The van der Waals surface area contributed by atoms with Crippen molar-refractivity contribution in [2.75, 3.05) is 12.4 Å². The van der Waals surface area contributed by atoms with E-state index in [4.69, 9.17) is 9.15 Å². The fraction of sp³-hybridized carbons (Fsp3) is 0.500. The number of furan rings is 1. The second kappa shape index (κ2) is 6.54. The fourth-order valence-corrected chi connectivity index (χ4v) is 1.78. The lowest BCUT2D eigenvalue weighted by molar-refractivity contribution is -0.142. The molecule has 1 aromatic rings. The molecule has 0 aliphatic rings. The zero-order valence-corrected chi connectivity index (χ0v) is 9.01. The number of carbonyl (C=O) groups excluding carboxylic acids is 1. The first-order chi connectivity index (χ1) is 6.83. The van der Waals surface area contributed by atoms with Crippen LogP contribution in [0.4, 0.5) is 0 Å². The van der Waals surface area contributed by atoms with Crippen molar-refractivity contribution in [3.8, 4) is 0 Å². The minimum Gasteiger partial charge on any atom is -0.468 e. The van der Waals surface area contributed by atoms with Gasteiger partial charge in [-0.25, -0.2) is 0 Å². The maximum Gasteiger partial charge on any atom is 0.306 e. The van der Waals surface area contributed by atoms with E-state index in [2.05, 4.69) is 0 Å². The Bertz CT molecular complexity index is 256. The Kier molecular flexibility index (Phi) is 5.22. The van der Waals surface area contributed by atoms with Crippen LogP contribution in [0.3, 0.4) is 0 Å². The topological polar surface area (TPSA) is 39.4 Å². The minimum atomic E-state index is -0.126. The summed E-state index contributed by atoms with van der Waals surface area (Å²) in [4.78, 5) is 10.9. The summed E-state index contributed by atoms with van der Waals surface area (Å²) in [7, 11) is 0. The van der Waals surface area contributed by atoms with Crippen LogP contribution in [0.25, 0.3) is 0 Å². The Morgan fingerprint density at radius 3 is 3.14 bits per heavy atom. The van der Waals surface area contributed by atoms with Crippen LogP contribution in [0, 0.1) is 0 Å². The SMILES string of the molecule is CCOC(=O)CCSCc1ccco1. The van der Waals surface area contributed by atoms with E-state index in [0.29, 0.717) is 13.0 Å². The number of hydrogen-bond acceptors (Lipinski definition) is 4. The van der Waals surface area contributed by atoms with Gasteiger partial charge < -0.3 is 9.15 Å². The number of thioether (sulfide) groups is 1. The number of carbonyl (C=O) groups is 1. The Hall–Kier alpha value is -0.900. The van der Waals surface area contributed by atoms with Gasteiger partial charge in [0, 0.05) is 5.75 Å². The first-order valence-electron chi connectivity index (χ1n) is 4.58. The van der Waals surface area contributed by atoms with Crippen molar-refractivity contribution in [1.82, 2.24) is 0 Å². The molecule has 1 heterocycles. The summed E-state index contributed by atoms with van der Waals surface area (Å²) in [5.41, 5.74) is 0. The quantitative estimate of drug-likeness (QED) is 0.538. The van der Waals surface area contributed by atoms with E-state index in [-0.39, 0.29) is 5.97 Å². The molecule has 0 atom stereocenters. The van der Waals surface area contributed by atoms with E-state index in [1.165, 1.54) is 0 Å². The van der Waals surface area contributed by atoms with Crippen LogP contribution in [0.2, 0.25) is 0 Å². The van der Waals surface area contributed by atoms with E-state index in [1.807, 2.05) is 19.1 Å². The first-order valence-corrected chi connectivity index (χ1v) is 5.74. The Labute approximate surface area is 87.8 Å². The lowest BCUT2D eigenvalue weighted by Gasteiger charge is -2.00. The molecule has 0 aromatic carbocycles. The van der Waals surface area contributed by atoms with Gasteiger partial charge in [0.1, 0.15) is 5.76 Å². The zero-order valence-electron chi connectivity index (χ0n) is 8.19. The van der Waals surface area contributed by atoms with Gasteiger partial charge in [0.25, 0.3) is 0 Å². The number of rotatable bonds is 6. The van der Waals surface area contributed by atoms with E-state index in [0.717, 1.165) is 17.3 Å². The van der Waals surface area contributed by atoms with Crippen LogP contribution >= 0.6 is 11.8 Å². The van der Waals surface area contributed by atoms with E-state index >= 15 is 0 Å². The molecule has 0 aliphatic heterocycles. The van der Waals surface area contributed by atoms with Crippen LogP contribution in [0.1, 0.15) is 19.1 Å². The largest absolute Gasteiger partial charge is 0.468 e. The Morgan fingerprint density at radius 1 is 1.64 bits per heavy atom. The molecule has 0 saturated heterocycles. The highest BCUT2D eigenvalue weighted by molar-refractivity contribution is 7.98. The molecule has 78 valence electrons. The molecule has 4 heteroatoms. The molecule has 0 bridgehead atoms. The van der Waals surface area contributed by atoms with E-state index < -0.39 is 0 Å². The van der Waals surface area contributed by atoms with E-state index in [1.54, 1.807) is 18.0 Å². The Morgan fingerprint density at radius 2 is 2.50 bits per heavy atom. The summed E-state index contributed by atoms with van der Waals surface area (Å²) in [6.45, 7) is 2.27. The molecule has 3 nitrogen and oxygen atoms in total. The molecule has 1 aromatic heterocycles. The molecule has 0 radical (unpaired) electrons. The van der Waals surface area contributed by atoms with Crippen molar-refractivity contribution in [2.24, 2.45) is 0 Å². The van der Waals surface area contributed by atoms with Crippen molar-refractivity contribution >= 4 is 17.7 Å². The summed E-state index contributed by atoms with van der Waals surface area (Å²) in [5.74, 6) is 2.41. The molecule has 0 amide bonds. The lowest BCUT2D eigenvalue weighted by Crippen LogP contribution is -2.04. The number of ether oxygens (including phenoxy) is 1. The molecular weight excluding hydrogens is 200 g/mol. The van der Waals surface area contributed by atoms with Gasteiger partial charge in [0.2, 0.25) is 0 Å². The predicted octanol–water partition coefficient (Wildman–Crippen LogP) is 2.47. The molecule has 0 fully saturated rings. The van der Waals surface area contributed by atoms with Gasteiger partial charge in [-0.3, -0.25) is 4.79 Å². The summed E-state index contributed by atoms with van der Waals surface area (Å²) >= 11 is 1.67. The van der Waals surface area contributed by atoms with Gasteiger partial charge in [0.05, 0.1) is 25.0 Å². The highest BCUT2D eigenvalue weighted by Crippen LogP contribution is 2.13. The van der Waals surface area contributed by atoms with Crippen LogP contribution in [-0.2, 0) is 15.3 Å². The molecule has 0 unspecified atom stereocenters. The summed E-state index contributed by atoms with van der Waals surface area (Å²) in [6, 6.07) is 3.79. The molecular formula is C10H14O3S. The third-order valence-electron chi connectivity index (χ3n) is 1.58. The van der Waals surface area contributed by atoms with Gasteiger partial charge in [-0.2, -0.15) is 11.8 Å². The maximum absolute atomic E-state index is 10.9. The van der Waals surface area contributed by atoms with Gasteiger partial charge in [-0.1, -0.05) is 0 Å². The fourth-order valence-electron chi connectivity index (χ4n) is 0.956. The molecule has 0 saturated carbocycles. The number of esters is 1. The predicted molar refractivity (Wildman–Crippen MR) is 56.1 cm³/mol. The smallest absolute Gasteiger partial charge is 0.306 e. The average molecular weight is 214 g/mol. The second-order valence-corrected chi connectivity index (χ2v) is 3.79. The average Bonchev–Trinajstić information content (AvgIpc) is 2.65. The summed E-state index contributed by atoms with van der Waals surface area (Å²) in [6.07, 6.45) is 2.13. The van der Waals surface area contributed by atoms with Crippen LogP contribution in [-0.4, -0.2) is 18.3 Å². The molecule has 0 spiro atoms. The van der Waals surface area contributed by atoms with Gasteiger partial charge in [-0.05, 0) is 19.1 Å². The highest BCUT2D eigenvalue weighted by atomic mass is 32.2. The lowest BCUT2D eigenvalue weighted by atomic mass is 10.5. The maximum atomic E-state index is 10.9. The normalized spacial score (nSPS) is 10.1. The van der Waals surface area contributed by atoms with Crippen molar-refractivity contribution in [3.05, 3.63) is 24.2 Å². The van der Waals surface area contributed by atoms with E-state index in [9.17, 15) is 4.79 Å². The van der Waals surface area contributed by atoms with Crippen molar-refractivity contribution in [3.63, 3.8) is 0 Å². The van der Waals surface area contributed by atoms with Crippen LogP contribution in [0.5, 0.6) is 0 Å². The van der Waals surface area contributed by atoms with Crippen LogP contribution in [0.15, 0.2) is 22.8 Å². The third-order valence-corrected chi connectivity index (χ3v) is 2.56. The Balaban J connectivity index is 2.02. The van der Waals surface area contributed by atoms with Crippen molar-refractivity contribution < 1.29 is 13.9 Å². The van der Waals surface area contributed by atoms with Crippen LogP contribution < -0.4 is 0 Å². The minimum absolute atomic E-state index is 0.126. The molecule has 1 rings (SSSR count). The number of hydrogen-bond donors (Lipinski definition) is 0. The van der Waals surface area contributed by atoms with Gasteiger partial charge >= 0.3 is 5.97 Å². The monoisotopic (exact) mass is 214 g/mol.